The van der Waals surface area contributed by atoms with E-state index in [2.05, 4.69) is 20.6 Å². The van der Waals surface area contributed by atoms with Crippen LogP contribution in [0.4, 0.5) is 0 Å². The molecule has 2 heterocycles. The van der Waals surface area contributed by atoms with Crippen LogP contribution in [-0.4, -0.2) is 27.8 Å². The van der Waals surface area contributed by atoms with Gasteiger partial charge in [0.25, 0.3) is 5.91 Å². The predicted octanol–water partition coefficient (Wildman–Crippen LogP) is 3.26. The number of aromatic nitrogens is 2. The van der Waals surface area contributed by atoms with Crippen molar-refractivity contribution in [3.63, 3.8) is 0 Å². The highest BCUT2D eigenvalue weighted by atomic mass is 32.1. The lowest BCUT2D eigenvalue weighted by atomic mass is 10.0. The number of nitrogens with one attached hydrogen (secondary N) is 3. The van der Waals surface area contributed by atoms with Gasteiger partial charge in [-0.25, -0.2) is 4.98 Å². The van der Waals surface area contributed by atoms with Crippen molar-refractivity contribution in [2.45, 2.75) is 32.9 Å². The van der Waals surface area contributed by atoms with E-state index in [0.717, 1.165) is 11.0 Å². The summed E-state index contributed by atoms with van der Waals surface area (Å²) < 4.78 is 0. The summed E-state index contributed by atoms with van der Waals surface area (Å²) in [6.45, 7) is 5.68. The minimum absolute atomic E-state index is 0.0400. The van der Waals surface area contributed by atoms with Gasteiger partial charge in [-0.3, -0.25) is 9.59 Å². The highest BCUT2D eigenvalue weighted by Gasteiger charge is 2.26. The fourth-order valence-corrected chi connectivity index (χ4v) is 3.33. The number of hydrogen-bond acceptors (Lipinski definition) is 4. The Morgan fingerprint density at radius 2 is 1.85 bits per heavy atom. The summed E-state index contributed by atoms with van der Waals surface area (Å²) in [6, 6.07) is 10.4. The van der Waals surface area contributed by atoms with Crippen LogP contribution in [0, 0.1) is 5.92 Å². The van der Waals surface area contributed by atoms with Crippen LogP contribution in [0.5, 0.6) is 0 Å². The van der Waals surface area contributed by atoms with Crippen LogP contribution in [-0.2, 0) is 4.79 Å². The lowest BCUT2D eigenvalue weighted by molar-refractivity contribution is -0.124. The zero-order chi connectivity index (χ0) is 18.7. The third-order valence-corrected chi connectivity index (χ3v) is 5.03. The van der Waals surface area contributed by atoms with Crippen molar-refractivity contribution in [1.82, 2.24) is 20.6 Å². The summed E-state index contributed by atoms with van der Waals surface area (Å²) in [4.78, 5) is 33.4. The summed E-state index contributed by atoms with van der Waals surface area (Å²) in [5.41, 5.74) is 1.78. The fraction of sp³-hybridized carbons (Fsp3) is 0.316. The maximum atomic E-state index is 12.7. The second-order valence-electron chi connectivity index (χ2n) is 6.54. The zero-order valence-corrected chi connectivity index (χ0v) is 15.8. The SMILES string of the molecule is CC(C)[C@H](NC(=O)c1cccs1)C(=O)N[C@H](C)c1nc2ccccc2[nH]1. The highest BCUT2D eigenvalue weighted by Crippen LogP contribution is 2.16. The molecule has 3 aromatic rings. The Balaban J connectivity index is 1.69. The largest absolute Gasteiger partial charge is 0.345 e. The number of thiophene rings is 1. The maximum Gasteiger partial charge on any atom is 0.262 e. The molecule has 6 nitrogen and oxygen atoms in total. The first-order valence-corrected chi connectivity index (χ1v) is 9.43. The van der Waals surface area contributed by atoms with E-state index >= 15 is 0 Å². The van der Waals surface area contributed by atoms with Crippen molar-refractivity contribution in [3.8, 4) is 0 Å². The first-order chi connectivity index (χ1) is 12.5. The molecule has 26 heavy (non-hydrogen) atoms. The lowest BCUT2D eigenvalue weighted by Gasteiger charge is -2.23. The van der Waals surface area contributed by atoms with Gasteiger partial charge in [0, 0.05) is 0 Å². The van der Waals surface area contributed by atoms with Gasteiger partial charge >= 0.3 is 0 Å². The van der Waals surface area contributed by atoms with Gasteiger partial charge in [0.1, 0.15) is 11.9 Å². The van der Waals surface area contributed by atoms with Crippen LogP contribution in [0.2, 0.25) is 0 Å². The summed E-state index contributed by atoms with van der Waals surface area (Å²) in [6.07, 6.45) is 0. The van der Waals surface area contributed by atoms with Crippen LogP contribution >= 0.6 is 11.3 Å². The summed E-state index contributed by atoms with van der Waals surface area (Å²) in [7, 11) is 0. The first kappa shape index (κ1) is 18.1. The van der Waals surface area contributed by atoms with Crippen LogP contribution in [0.15, 0.2) is 41.8 Å². The zero-order valence-electron chi connectivity index (χ0n) is 14.9. The van der Waals surface area contributed by atoms with Crippen LogP contribution in [0.3, 0.4) is 0 Å². The van der Waals surface area contributed by atoms with Crippen molar-refractivity contribution in [1.29, 1.82) is 0 Å². The predicted molar refractivity (Wildman–Crippen MR) is 103 cm³/mol. The fourth-order valence-electron chi connectivity index (χ4n) is 2.70. The number of nitrogens with zero attached hydrogens (tertiary/aromatic N) is 1. The monoisotopic (exact) mass is 370 g/mol. The number of carbonyl (C=O) groups is 2. The van der Waals surface area contributed by atoms with E-state index in [1.165, 1.54) is 11.3 Å². The van der Waals surface area contributed by atoms with E-state index in [1.807, 2.05) is 56.5 Å². The number of fused-ring (bicyclic) bond motifs is 1. The van der Waals surface area contributed by atoms with Gasteiger partial charge in [-0.05, 0) is 36.4 Å². The number of para-hydroxylation sites is 2. The first-order valence-electron chi connectivity index (χ1n) is 8.55. The third-order valence-electron chi connectivity index (χ3n) is 4.16. The van der Waals surface area contributed by atoms with E-state index in [4.69, 9.17) is 0 Å². The Morgan fingerprint density at radius 1 is 1.08 bits per heavy atom. The van der Waals surface area contributed by atoms with Crippen molar-refractivity contribution in [2.24, 2.45) is 5.92 Å². The Labute approximate surface area is 156 Å². The number of benzene rings is 1. The molecule has 2 aromatic heterocycles. The van der Waals surface area contributed by atoms with Gasteiger partial charge in [-0.15, -0.1) is 11.3 Å². The third kappa shape index (κ3) is 3.94. The molecular formula is C19H22N4O2S. The maximum absolute atomic E-state index is 12.7. The summed E-state index contributed by atoms with van der Waals surface area (Å²) in [5, 5.41) is 7.61. The molecule has 136 valence electrons. The van der Waals surface area contributed by atoms with Gasteiger partial charge in [0.2, 0.25) is 5.91 Å². The lowest BCUT2D eigenvalue weighted by Crippen LogP contribution is -2.50. The molecule has 3 N–H and O–H groups in total. The minimum atomic E-state index is -0.614. The molecule has 0 aliphatic rings. The number of amides is 2. The van der Waals surface area contributed by atoms with Crippen LogP contribution < -0.4 is 10.6 Å². The minimum Gasteiger partial charge on any atom is -0.345 e. The van der Waals surface area contributed by atoms with Gasteiger partial charge in [0.05, 0.1) is 22.0 Å². The Bertz CT molecular complexity index is 868. The summed E-state index contributed by atoms with van der Waals surface area (Å²) in [5.74, 6) is 0.191. The normalized spacial score (nSPS) is 13.5. The van der Waals surface area contributed by atoms with Gasteiger partial charge < -0.3 is 15.6 Å². The number of rotatable bonds is 6. The molecule has 1 aromatic carbocycles. The molecule has 0 saturated carbocycles. The molecule has 0 bridgehead atoms. The quantitative estimate of drug-likeness (QED) is 0.622. The molecule has 0 unspecified atom stereocenters. The van der Waals surface area contributed by atoms with E-state index in [0.29, 0.717) is 10.7 Å². The molecule has 0 fully saturated rings. The number of aromatic amines is 1. The summed E-state index contributed by atoms with van der Waals surface area (Å²) >= 11 is 1.35. The Morgan fingerprint density at radius 3 is 2.50 bits per heavy atom. The van der Waals surface area contributed by atoms with E-state index in [9.17, 15) is 9.59 Å². The van der Waals surface area contributed by atoms with Gasteiger partial charge in [0.15, 0.2) is 0 Å². The topological polar surface area (TPSA) is 86.9 Å². The number of hydrogen-bond donors (Lipinski definition) is 3. The standard InChI is InChI=1S/C19H22N4O2S/c1-11(2)16(23-18(24)15-9-6-10-26-15)19(25)20-12(3)17-21-13-7-4-5-8-14(13)22-17/h4-12,16H,1-3H3,(H,20,25)(H,21,22)(H,23,24)/t12-,16+/m1/s1. The van der Waals surface area contributed by atoms with Crippen LogP contribution in [0.25, 0.3) is 11.0 Å². The smallest absolute Gasteiger partial charge is 0.262 e. The van der Waals surface area contributed by atoms with Crippen molar-refractivity contribution in [2.75, 3.05) is 0 Å². The molecule has 0 aliphatic heterocycles. The second kappa shape index (κ2) is 7.70. The average Bonchev–Trinajstić information content (AvgIpc) is 3.28. The Hall–Kier alpha value is -2.67. The van der Waals surface area contributed by atoms with Crippen LogP contribution in [0.1, 0.15) is 42.3 Å². The van der Waals surface area contributed by atoms with E-state index in [-0.39, 0.29) is 23.8 Å². The number of carbonyl (C=O) groups excluding carboxylic acids is 2. The molecular weight excluding hydrogens is 348 g/mol. The Kier molecular flexibility index (Phi) is 5.37. The molecule has 7 heteroatoms. The molecule has 2 atom stereocenters. The number of imidazole rings is 1. The molecule has 0 radical (unpaired) electrons. The number of H-pyrrole nitrogens is 1. The molecule has 3 rings (SSSR count). The van der Waals surface area contributed by atoms with Crippen molar-refractivity contribution in [3.05, 3.63) is 52.5 Å². The van der Waals surface area contributed by atoms with Gasteiger partial charge in [-0.1, -0.05) is 32.0 Å². The van der Waals surface area contributed by atoms with E-state index in [1.54, 1.807) is 6.07 Å². The van der Waals surface area contributed by atoms with Crippen molar-refractivity contribution >= 4 is 34.2 Å². The molecule has 0 saturated heterocycles. The molecule has 0 spiro atoms. The molecule has 0 aliphatic carbocycles. The molecule has 2 amide bonds. The van der Waals surface area contributed by atoms with Crippen molar-refractivity contribution < 1.29 is 9.59 Å². The van der Waals surface area contributed by atoms with Gasteiger partial charge in [-0.2, -0.15) is 0 Å². The average molecular weight is 370 g/mol. The highest BCUT2D eigenvalue weighted by molar-refractivity contribution is 7.12. The van der Waals surface area contributed by atoms with E-state index < -0.39 is 6.04 Å². The second-order valence-corrected chi connectivity index (χ2v) is 7.49.